The number of nitrogens with one attached hydrogen (secondary N) is 3. The van der Waals surface area contributed by atoms with Gasteiger partial charge < -0.3 is 30.2 Å². The molecular formula is C32H41N5O6. The number of methoxy groups -OCH3 is 3. The van der Waals surface area contributed by atoms with Gasteiger partial charge in [0.2, 0.25) is 23.0 Å². The van der Waals surface area contributed by atoms with Crippen molar-refractivity contribution in [3.8, 4) is 28.4 Å². The zero-order valence-corrected chi connectivity index (χ0v) is 26.3. The van der Waals surface area contributed by atoms with Gasteiger partial charge in [-0.05, 0) is 82.3 Å². The number of hydrogen-bond donors (Lipinski definition) is 3. The molecule has 43 heavy (non-hydrogen) atoms. The monoisotopic (exact) mass is 591 g/mol. The topological polar surface area (TPSA) is 133 Å². The minimum absolute atomic E-state index is 0.147. The Morgan fingerprint density at radius 2 is 1.72 bits per heavy atom. The van der Waals surface area contributed by atoms with E-state index in [0.717, 1.165) is 22.5 Å². The molecule has 3 aromatic rings. The lowest BCUT2D eigenvalue weighted by atomic mass is 9.95. The third-order valence-electron chi connectivity index (χ3n) is 7.74. The van der Waals surface area contributed by atoms with Gasteiger partial charge in [0.05, 0.1) is 50.1 Å². The van der Waals surface area contributed by atoms with Crippen molar-refractivity contribution < 1.29 is 23.8 Å². The molecule has 1 aliphatic rings. The van der Waals surface area contributed by atoms with Gasteiger partial charge in [0, 0.05) is 18.5 Å². The minimum atomic E-state index is -0.742. The van der Waals surface area contributed by atoms with Crippen LogP contribution in [0.1, 0.15) is 68.7 Å². The summed E-state index contributed by atoms with van der Waals surface area (Å²) in [5.74, 6) is 0.903. The van der Waals surface area contributed by atoms with Crippen molar-refractivity contribution in [3.63, 3.8) is 0 Å². The Labute approximate surface area is 251 Å². The van der Waals surface area contributed by atoms with Gasteiger partial charge in [0.15, 0.2) is 11.5 Å². The van der Waals surface area contributed by atoms with Crippen LogP contribution in [0.2, 0.25) is 0 Å². The lowest BCUT2D eigenvalue weighted by Gasteiger charge is -2.19. The summed E-state index contributed by atoms with van der Waals surface area (Å²) in [6.07, 6.45) is 1.14. The van der Waals surface area contributed by atoms with E-state index in [1.54, 1.807) is 27.2 Å². The second-order valence-corrected chi connectivity index (χ2v) is 11.0. The van der Waals surface area contributed by atoms with Crippen LogP contribution in [0.15, 0.2) is 29.1 Å². The molecule has 1 heterocycles. The molecule has 4 rings (SSSR count). The Bertz CT molecular complexity index is 1610. The van der Waals surface area contributed by atoms with Crippen molar-refractivity contribution in [1.29, 1.82) is 0 Å². The van der Waals surface area contributed by atoms with Crippen LogP contribution in [0.3, 0.4) is 0 Å². The summed E-state index contributed by atoms with van der Waals surface area (Å²) in [6.45, 7) is 11.0. The number of benzene rings is 1. The molecule has 0 fully saturated rings. The van der Waals surface area contributed by atoms with Crippen molar-refractivity contribution in [2.75, 3.05) is 32.0 Å². The van der Waals surface area contributed by atoms with Crippen LogP contribution in [0.25, 0.3) is 11.1 Å². The number of aromatic nitrogens is 2. The SMILES string of the molecule is COc1cc2c(c(OC)c1OC)-c1ccc(N[C@@H](C)C(=O)Nc3c(C)nn(C(C)C)c3C)c(=O)cc1[C@@H](NC(C)=O)CC2. The number of carbonyl (C=O) groups excluding carboxylic acids is 2. The summed E-state index contributed by atoms with van der Waals surface area (Å²) >= 11 is 0. The van der Waals surface area contributed by atoms with Crippen LogP contribution < -0.4 is 35.6 Å². The van der Waals surface area contributed by atoms with Crippen LogP contribution in [0.4, 0.5) is 11.4 Å². The number of amides is 2. The lowest BCUT2D eigenvalue weighted by molar-refractivity contribution is -0.119. The molecule has 3 N–H and O–H groups in total. The second kappa shape index (κ2) is 12.8. The van der Waals surface area contributed by atoms with Gasteiger partial charge in [-0.2, -0.15) is 5.10 Å². The zero-order valence-electron chi connectivity index (χ0n) is 26.3. The van der Waals surface area contributed by atoms with E-state index < -0.39 is 12.1 Å². The standard InChI is InChI=1S/C32H41N5O6/c1-16(2)37-19(5)29(17(3)36-37)35-32(40)18(4)33-25-13-11-22-23(15-26(25)39)24(34-20(6)38)12-10-21-14-27(41-7)30(42-8)31(43-9)28(21)22/h11,13-16,18,24H,10,12H2,1-9H3,(H,33,39)(H,34,38)(H,35,40)/t18-,24-/m0/s1. The molecular weight excluding hydrogens is 550 g/mol. The first-order valence-electron chi connectivity index (χ1n) is 14.3. The summed E-state index contributed by atoms with van der Waals surface area (Å²) in [7, 11) is 4.65. The Hall–Kier alpha value is -4.54. The average molecular weight is 592 g/mol. The van der Waals surface area contributed by atoms with Crippen LogP contribution in [0, 0.1) is 13.8 Å². The van der Waals surface area contributed by atoms with Gasteiger partial charge in [-0.3, -0.25) is 19.1 Å². The number of ether oxygens (including phenoxy) is 3. The van der Waals surface area contributed by atoms with Gasteiger partial charge >= 0.3 is 0 Å². The summed E-state index contributed by atoms with van der Waals surface area (Å²) in [5, 5.41) is 13.6. The maximum Gasteiger partial charge on any atom is 0.246 e. The Kier molecular flexibility index (Phi) is 9.32. The number of nitrogens with zero attached hydrogens (tertiary/aromatic N) is 2. The fraction of sp³-hybridized carbons (Fsp3) is 0.438. The number of rotatable bonds is 9. The lowest BCUT2D eigenvalue weighted by Crippen LogP contribution is -2.33. The molecule has 0 bridgehead atoms. The van der Waals surface area contributed by atoms with Crippen LogP contribution in [-0.4, -0.2) is 49.0 Å². The fourth-order valence-corrected chi connectivity index (χ4v) is 5.70. The fourth-order valence-electron chi connectivity index (χ4n) is 5.70. The Morgan fingerprint density at radius 3 is 2.30 bits per heavy atom. The quantitative estimate of drug-likeness (QED) is 0.326. The molecule has 1 aromatic heterocycles. The van der Waals surface area contributed by atoms with E-state index in [-0.39, 0.29) is 29.0 Å². The van der Waals surface area contributed by atoms with Crippen LogP contribution in [-0.2, 0) is 16.0 Å². The van der Waals surface area contributed by atoms with E-state index in [1.807, 2.05) is 44.5 Å². The van der Waals surface area contributed by atoms with E-state index in [4.69, 9.17) is 14.2 Å². The van der Waals surface area contributed by atoms with E-state index in [1.165, 1.54) is 20.1 Å². The highest BCUT2D eigenvalue weighted by atomic mass is 16.5. The number of fused-ring (bicyclic) bond motifs is 3. The highest BCUT2D eigenvalue weighted by Crippen LogP contribution is 2.50. The number of aryl methyl sites for hydroxylation is 2. The number of anilines is 2. The first-order chi connectivity index (χ1) is 20.4. The van der Waals surface area contributed by atoms with Crippen molar-refractivity contribution >= 4 is 23.2 Å². The van der Waals surface area contributed by atoms with Gasteiger partial charge in [-0.15, -0.1) is 0 Å². The predicted molar refractivity (Wildman–Crippen MR) is 166 cm³/mol. The third kappa shape index (κ3) is 6.16. The van der Waals surface area contributed by atoms with E-state index in [0.29, 0.717) is 46.9 Å². The molecule has 11 heteroatoms. The molecule has 230 valence electrons. The molecule has 2 aromatic carbocycles. The Balaban J connectivity index is 1.78. The summed E-state index contributed by atoms with van der Waals surface area (Å²) < 4.78 is 18.9. The molecule has 0 spiro atoms. The summed E-state index contributed by atoms with van der Waals surface area (Å²) in [5.41, 5.74) is 5.18. The number of hydrogen-bond acceptors (Lipinski definition) is 8. The maximum absolute atomic E-state index is 13.6. The zero-order chi connectivity index (χ0) is 31.6. The average Bonchev–Trinajstić information content (AvgIpc) is 3.07. The van der Waals surface area contributed by atoms with Crippen molar-refractivity contribution in [2.45, 2.75) is 72.5 Å². The highest BCUT2D eigenvalue weighted by Gasteiger charge is 2.30. The van der Waals surface area contributed by atoms with E-state index >= 15 is 0 Å². The van der Waals surface area contributed by atoms with E-state index in [2.05, 4.69) is 21.0 Å². The predicted octanol–water partition coefficient (Wildman–Crippen LogP) is 4.70. The second-order valence-electron chi connectivity index (χ2n) is 11.0. The molecule has 1 aliphatic carbocycles. The summed E-state index contributed by atoms with van der Waals surface area (Å²) in [6, 6.07) is 5.88. The molecule has 0 saturated heterocycles. The van der Waals surface area contributed by atoms with Crippen molar-refractivity contribution in [1.82, 2.24) is 15.1 Å². The van der Waals surface area contributed by atoms with Gasteiger partial charge in [-0.25, -0.2) is 0 Å². The molecule has 2 atom stereocenters. The third-order valence-corrected chi connectivity index (χ3v) is 7.74. The molecule has 2 amide bonds. The van der Waals surface area contributed by atoms with Crippen LogP contribution >= 0.6 is 0 Å². The Morgan fingerprint density at radius 1 is 1.02 bits per heavy atom. The molecule has 0 saturated carbocycles. The van der Waals surface area contributed by atoms with Gasteiger partial charge in [-0.1, -0.05) is 6.07 Å². The first kappa shape index (κ1) is 31.4. The maximum atomic E-state index is 13.6. The number of carbonyl (C=O) groups is 2. The minimum Gasteiger partial charge on any atom is -0.493 e. The van der Waals surface area contributed by atoms with Crippen molar-refractivity contribution in [3.05, 3.63) is 57.0 Å². The smallest absolute Gasteiger partial charge is 0.246 e. The van der Waals surface area contributed by atoms with E-state index in [9.17, 15) is 14.4 Å². The highest BCUT2D eigenvalue weighted by molar-refractivity contribution is 5.97. The molecule has 11 nitrogen and oxygen atoms in total. The first-order valence-corrected chi connectivity index (χ1v) is 14.3. The van der Waals surface area contributed by atoms with Crippen LogP contribution in [0.5, 0.6) is 17.2 Å². The van der Waals surface area contributed by atoms with Gasteiger partial charge in [0.25, 0.3) is 0 Å². The van der Waals surface area contributed by atoms with Crippen molar-refractivity contribution in [2.24, 2.45) is 0 Å². The van der Waals surface area contributed by atoms with Gasteiger partial charge in [0.1, 0.15) is 6.04 Å². The molecule has 0 radical (unpaired) electrons. The normalized spacial score (nSPS) is 14.6. The summed E-state index contributed by atoms with van der Waals surface area (Å²) in [4.78, 5) is 39.1. The molecule has 0 aliphatic heterocycles. The largest absolute Gasteiger partial charge is 0.493 e. The molecule has 0 unspecified atom stereocenters.